The Morgan fingerprint density at radius 3 is 1.18 bits per heavy atom. The number of amides is 5. The number of halogens is 12. The van der Waals surface area contributed by atoms with Gasteiger partial charge in [0, 0.05) is 57.2 Å². The van der Waals surface area contributed by atoms with Crippen molar-refractivity contribution in [3.63, 3.8) is 0 Å². The van der Waals surface area contributed by atoms with Crippen LogP contribution in [0.1, 0.15) is 331 Å². The Balaban J connectivity index is -0.000000518. The van der Waals surface area contributed by atoms with Crippen LogP contribution >= 0.6 is 8.53 Å². The number of epoxide rings is 1. The molecular weight excluding hydrogens is 1910 g/mol. The number of hydrogen-bond acceptors (Lipinski definition) is 21. The van der Waals surface area contributed by atoms with Gasteiger partial charge in [-0.3, -0.25) is 38.4 Å². The topological polar surface area (TPSA) is 399 Å². The van der Waals surface area contributed by atoms with Gasteiger partial charge in [-0.25, -0.2) is 4.67 Å². The highest BCUT2D eigenvalue weighted by molar-refractivity contribution is 7.44. The molecule has 1 aliphatic rings. The summed E-state index contributed by atoms with van der Waals surface area (Å²) >= 11 is 0. The molecule has 7 unspecified atom stereocenters. The van der Waals surface area contributed by atoms with Gasteiger partial charge in [-0.1, -0.05) is 231 Å². The lowest BCUT2D eigenvalue weighted by Gasteiger charge is -2.37. The number of rotatable bonds is 62. The molecule has 1 fully saturated rings. The second-order valence-corrected chi connectivity index (χ2v) is 35.5. The smallest absolute Gasteiger partial charge is 0.471 e. The SMILES string of the molecule is C=CCCCCC.C=CCCCCO.CCCCCC(CNC(=O)C(F)(F)F)OC(=O)CCC(=O)NC.CCCCCC(CNC(=O)C(F)(F)F)OC(=O)CCC(=O)O.CCCCCC(CNC(=O)C(F)(F)F)OP(OCCC#N)N(C(C)C)C(C)C.CCCCCC(O)CN.CCCCCC(O)CNC(=O)C(F)(F)F.CCCCCC1CO1.COc1ccc(C(C)(c2ccccc2)c2ccc(OC)cc2)cc1. The van der Waals surface area contributed by atoms with E-state index in [1.165, 1.54) is 87.9 Å². The molecule has 0 bridgehead atoms. The Kier molecular flexibility index (Phi) is 88.4. The number of esters is 2. The van der Waals surface area contributed by atoms with Crippen molar-refractivity contribution in [2.75, 3.05) is 73.8 Å². The third kappa shape index (κ3) is 80.1. The number of carbonyl (C=O) groups is 8. The number of alkyl halides is 12. The molecule has 826 valence electrons. The fraction of sp³-hybridized carbons (Fsp3) is 0.699. The van der Waals surface area contributed by atoms with E-state index in [4.69, 9.17) is 59.0 Å². The van der Waals surface area contributed by atoms with Crippen molar-refractivity contribution in [2.24, 2.45) is 5.73 Å². The number of aliphatic carboxylic acids is 1. The van der Waals surface area contributed by atoms with Crippen LogP contribution in [0.2, 0.25) is 0 Å². The Labute approximate surface area is 843 Å². The van der Waals surface area contributed by atoms with E-state index in [9.17, 15) is 96.1 Å². The number of hydrogen-bond donors (Lipinski definition) is 10. The third-order valence-corrected chi connectivity index (χ3v) is 23.0. The maximum Gasteiger partial charge on any atom is 0.471 e. The number of methoxy groups -OCH3 is 2. The molecule has 0 saturated carbocycles. The van der Waals surface area contributed by atoms with E-state index in [1.807, 2.05) is 114 Å². The number of aliphatic hydroxyl groups excluding tert-OH is 3. The normalized spacial score (nSPS) is 13.2. The summed E-state index contributed by atoms with van der Waals surface area (Å²) in [5.74, 6) is -9.43. The van der Waals surface area contributed by atoms with Gasteiger partial charge in [0.15, 0.2) is 0 Å². The number of carboxylic acid groups (broad SMARTS) is 1. The average molecular weight is 2080 g/mol. The molecule has 0 aliphatic carbocycles. The second-order valence-electron chi connectivity index (χ2n) is 34.1. The highest BCUT2D eigenvalue weighted by atomic mass is 31.2. The van der Waals surface area contributed by atoms with Crippen LogP contribution in [0.5, 0.6) is 11.5 Å². The van der Waals surface area contributed by atoms with Crippen molar-refractivity contribution >= 4 is 56.0 Å². The van der Waals surface area contributed by atoms with Crippen LogP contribution < -0.4 is 41.8 Å². The molecule has 1 saturated heterocycles. The number of aliphatic hydroxyl groups is 3. The maximum atomic E-state index is 12.5. The number of nitrogens with one attached hydrogen (secondary N) is 5. The van der Waals surface area contributed by atoms with Crippen molar-refractivity contribution in [1.82, 2.24) is 31.3 Å². The number of allylic oxidation sites excluding steroid dienone is 2. The average Bonchev–Trinajstić information content (AvgIpc) is 1.74. The van der Waals surface area contributed by atoms with Gasteiger partial charge in [0.1, 0.15) is 23.7 Å². The van der Waals surface area contributed by atoms with Crippen molar-refractivity contribution in [2.45, 2.75) is 393 Å². The van der Waals surface area contributed by atoms with Crippen LogP contribution in [-0.4, -0.2) is 220 Å². The molecular formula is C103H171F12N8O19P. The minimum atomic E-state index is -5.00. The lowest BCUT2D eigenvalue weighted by Crippen LogP contribution is -2.42. The number of unbranched alkanes of at least 4 members (excludes halogenated alkanes) is 17. The maximum absolute atomic E-state index is 12.5. The van der Waals surface area contributed by atoms with E-state index in [-0.39, 0.29) is 74.9 Å². The zero-order valence-electron chi connectivity index (χ0n) is 87.2. The van der Waals surface area contributed by atoms with E-state index in [2.05, 4.69) is 94.7 Å². The van der Waals surface area contributed by atoms with Gasteiger partial charge in [-0.15, -0.1) is 13.2 Å². The first-order chi connectivity index (χ1) is 67.5. The Hall–Kier alpha value is -8.74. The first-order valence-electron chi connectivity index (χ1n) is 49.9. The monoisotopic (exact) mass is 2080 g/mol. The number of carbonyl (C=O) groups excluding carboxylic acids is 7. The van der Waals surface area contributed by atoms with Crippen LogP contribution in [0.15, 0.2) is 104 Å². The minimum absolute atomic E-state index is 0.0636. The third-order valence-electron chi connectivity index (χ3n) is 20.9. The molecule has 4 rings (SSSR count). The predicted octanol–water partition coefficient (Wildman–Crippen LogP) is 22.2. The Bertz CT molecular complexity index is 3690. The van der Waals surface area contributed by atoms with Gasteiger partial charge < -0.3 is 85.5 Å². The number of nitriles is 1. The van der Waals surface area contributed by atoms with Crippen LogP contribution in [0.25, 0.3) is 0 Å². The van der Waals surface area contributed by atoms with E-state index >= 15 is 0 Å². The number of ether oxygens (including phenoxy) is 5. The summed E-state index contributed by atoms with van der Waals surface area (Å²) in [6.07, 6.45) is 9.84. The molecule has 3 aromatic rings. The van der Waals surface area contributed by atoms with Crippen LogP contribution in [0, 0.1) is 11.3 Å². The molecule has 40 heteroatoms. The molecule has 3 aromatic carbocycles. The van der Waals surface area contributed by atoms with E-state index < -0.39 is 119 Å². The number of carboxylic acids is 1. The quantitative estimate of drug-likeness (QED) is 0.00477. The summed E-state index contributed by atoms with van der Waals surface area (Å²) in [7, 11) is 3.22. The number of benzene rings is 3. The predicted molar refractivity (Wildman–Crippen MR) is 535 cm³/mol. The fourth-order valence-corrected chi connectivity index (χ4v) is 14.3. The largest absolute Gasteiger partial charge is 0.497 e. The molecule has 11 N–H and O–H groups in total. The molecule has 7 atom stereocenters. The molecule has 0 radical (unpaired) electrons. The first kappa shape index (κ1) is 143. The summed E-state index contributed by atoms with van der Waals surface area (Å²) in [5.41, 5.74) is 8.65. The van der Waals surface area contributed by atoms with Crippen molar-refractivity contribution < 1.29 is 144 Å². The van der Waals surface area contributed by atoms with E-state index in [1.54, 1.807) is 30.2 Å². The van der Waals surface area contributed by atoms with Crippen molar-refractivity contribution in [3.8, 4) is 17.6 Å². The van der Waals surface area contributed by atoms with Crippen LogP contribution in [0.3, 0.4) is 0 Å². The number of nitrogens with zero attached hydrogens (tertiary/aromatic N) is 2. The van der Waals surface area contributed by atoms with Gasteiger partial charge in [-0.2, -0.15) is 57.9 Å². The molecule has 1 aliphatic heterocycles. The van der Waals surface area contributed by atoms with Gasteiger partial charge in [-0.05, 0) is 159 Å². The van der Waals surface area contributed by atoms with Gasteiger partial charge in [0.25, 0.3) is 8.53 Å². The zero-order valence-corrected chi connectivity index (χ0v) is 88.1. The highest BCUT2D eigenvalue weighted by Gasteiger charge is 2.42. The summed E-state index contributed by atoms with van der Waals surface area (Å²) in [5, 5.41) is 52.9. The second kappa shape index (κ2) is 88.5. The van der Waals surface area contributed by atoms with Gasteiger partial charge in [0.2, 0.25) is 5.91 Å². The molecule has 27 nitrogen and oxygen atoms in total. The zero-order chi connectivity index (χ0) is 110. The van der Waals surface area contributed by atoms with Crippen LogP contribution in [-0.2, 0) is 67.0 Å². The summed E-state index contributed by atoms with van der Waals surface area (Å²) < 4.78 is 185. The van der Waals surface area contributed by atoms with Crippen molar-refractivity contribution in [3.05, 3.63) is 121 Å². The molecule has 5 amide bonds. The lowest BCUT2D eigenvalue weighted by atomic mass is 9.71. The lowest BCUT2D eigenvalue weighted by molar-refractivity contribution is -0.174. The Morgan fingerprint density at radius 1 is 0.503 bits per heavy atom. The standard InChI is InChI=1S/C22H22O2.C18H33F3N3O3P.C14H23F3N2O4.C13H20F3NO5.C9H16F3NO2.C7H17NO.C7H14O.C7H14.C6H12O/c1-22(17-7-5-4-6-8-17,18-9-13-20(23-2)14-10-18)19-11-15-21(24-3)16-12-19;1-6-7-8-10-16(13-23-17(25)18(19,20)21)27-28(26-12-9-11-22)24(14(2)3)15(4)5;1-3-4-5-6-10(9-19-13(22)14(15,16)17)23-12(21)8-7-11(20)18-2;1-2-3-4-5-9(8-17-12(21)13(14,15)16)22-11(20)7-6-10(18)19;1-2-3-4-5-7(14)6-13-8(15)9(10,11)12;1-2-3-4-5-7(9)6-8;1-2-3-4-5-7-6-8-7;1-3-5-7-6-4-2;1-2-3-4-5-6-7/h4-16H,1-3H3;14-16H,6-10,12-13H2,1-5H3,(H,23,25);10H,3-9H2,1-2H3,(H,18,20)(H,19,22);9H,2-8H2,1H3,(H,17,21)(H,18,19);7,14H,2-6H2,1H3,(H,13,15);7,9H,2-6,8H2,1H3;7H,2-6H2,1H3;3H,1,4-7H2,2H3;2,7H,1,3-6H2. The molecule has 0 spiro atoms. The van der Waals surface area contributed by atoms with Crippen molar-refractivity contribution in [1.29, 1.82) is 5.26 Å². The number of nitrogens with two attached hydrogens (primary N) is 1. The summed E-state index contributed by atoms with van der Waals surface area (Å²) in [6, 6.07) is 29.3. The molecule has 0 aromatic heterocycles. The van der Waals surface area contributed by atoms with E-state index in [0.717, 1.165) is 114 Å². The Morgan fingerprint density at radius 2 is 0.846 bits per heavy atom. The van der Waals surface area contributed by atoms with E-state index in [0.29, 0.717) is 57.8 Å². The molecule has 1 heterocycles. The highest BCUT2D eigenvalue weighted by Crippen LogP contribution is 2.48. The summed E-state index contributed by atoms with van der Waals surface area (Å²) in [4.78, 5) is 87.5. The first-order valence-corrected chi connectivity index (χ1v) is 51.0. The fourth-order valence-electron chi connectivity index (χ4n) is 12.6. The van der Waals surface area contributed by atoms with Gasteiger partial charge in [0.05, 0.1) is 96.7 Å². The summed E-state index contributed by atoms with van der Waals surface area (Å²) in [6.45, 7) is 32.3. The minimum Gasteiger partial charge on any atom is -0.497 e. The molecule has 143 heavy (non-hydrogen) atoms. The van der Waals surface area contributed by atoms with Gasteiger partial charge >= 0.3 is 66.2 Å². The van der Waals surface area contributed by atoms with Crippen LogP contribution in [0.4, 0.5) is 52.7 Å².